The zero-order valence-corrected chi connectivity index (χ0v) is 15.1. The molecule has 132 valence electrons. The Morgan fingerprint density at radius 2 is 1.85 bits per heavy atom. The lowest BCUT2D eigenvalue weighted by molar-refractivity contribution is 0.344. The molecule has 0 saturated heterocycles. The number of ether oxygens (including phenoxy) is 1. The summed E-state index contributed by atoms with van der Waals surface area (Å²) in [5.74, 6) is 1.49. The predicted octanol–water partition coefficient (Wildman–Crippen LogP) is 3.86. The summed E-state index contributed by atoms with van der Waals surface area (Å²) in [7, 11) is 0. The maximum atomic E-state index is 8.82. The van der Waals surface area contributed by atoms with E-state index >= 15 is 0 Å². The molecule has 2 aromatic carbocycles. The maximum absolute atomic E-state index is 8.82. The first-order valence-electron chi connectivity index (χ1n) is 8.35. The Balaban J connectivity index is 1.43. The van der Waals surface area contributed by atoms with E-state index in [1.807, 2.05) is 35.0 Å². The molecule has 0 unspecified atom stereocenters. The van der Waals surface area contributed by atoms with Gasteiger partial charge < -0.3 is 4.74 Å². The van der Waals surface area contributed by atoms with Crippen molar-refractivity contribution in [1.29, 1.82) is 5.26 Å². The summed E-state index contributed by atoms with van der Waals surface area (Å²) in [6, 6.07) is 19.1. The van der Waals surface area contributed by atoms with E-state index in [0.29, 0.717) is 12.2 Å². The highest BCUT2D eigenvalue weighted by Crippen LogP contribution is 2.25. The highest BCUT2D eigenvalue weighted by molar-refractivity contribution is 7.99. The van der Waals surface area contributed by atoms with Gasteiger partial charge >= 0.3 is 0 Å². The lowest BCUT2D eigenvalue weighted by Gasteiger charge is -2.06. The van der Waals surface area contributed by atoms with Gasteiger partial charge in [0, 0.05) is 5.75 Å². The van der Waals surface area contributed by atoms with Crippen LogP contribution in [0.1, 0.15) is 5.56 Å². The van der Waals surface area contributed by atoms with Crippen LogP contribution < -0.4 is 4.74 Å². The summed E-state index contributed by atoms with van der Waals surface area (Å²) >= 11 is 1.60. The Bertz CT molecular complexity index is 1090. The number of nitrogens with zero attached hydrogens (tertiary/aromatic N) is 5. The molecule has 0 aliphatic heterocycles. The van der Waals surface area contributed by atoms with Gasteiger partial charge in [-0.2, -0.15) is 10.4 Å². The van der Waals surface area contributed by atoms with Gasteiger partial charge in [-0.1, -0.05) is 18.2 Å². The fourth-order valence-electron chi connectivity index (χ4n) is 2.62. The third-order valence-electron chi connectivity index (χ3n) is 3.90. The molecular formula is C20H15N5OS. The Kier molecular flexibility index (Phi) is 4.99. The van der Waals surface area contributed by atoms with Crippen molar-refractivity contribution in [3.63, 3.8) is 0 Å². The van der Waals surface area contributed by atoms with E-state index < -0.39 is 0 Å². The number of rotatable bonds is 6. The number of nitriles is 1. The molecule has 0 aliphatic rings. The second-order valence-electron chi connectivity index (χ2n) is 5.64. The van der Waals surface area contributed by atoms with Crippen molar-refractivity contribution in [3.05, 3.63) is 72.7 Å². The van der Waals surface area contributed by atoms with Crippen LogP contribution in [-0.4, -0.2) is 32.1 Å². The van der Waals surface area contributed by atoms with Gasteiger partial charge in [-0.3, -0.25) is 0 Å². The normalized spacial score (nSPS) is 10.6. The van der Waals surface area contributed by atoms with Crippen LogP contribution >= 0.6 is 11.8 Å². The highest BCUT2D eigenvalue weighted by Gasteiger charge is 2.11. The lowest BCUT2D eigenvalue weighted by Crippen LogP contribution is -2.01. The van der Waals surface area contributed by atoms with Crippen molar-refractivity contribution in [2.24, 2.45) is 0 Å². The Labute approximate surface area is 160 Å². The van der Waals surface area contributed by atoms with Crippen molar-refractivity contribution in [3.8, 4) is 17.5 Å². The monoisotopic (exact) mass is 373 g/mol. The van der Waals surface area contributed by atoms with E-state index in [-0.39, 0.29) is 0 Å². The van der Waals surface area contributed by atoms with Crippen molar-refractivity contribution in [1.82, 2.24) is 19.7 Å². The molecule has 0 bridgehead atoms. The van der Waals surface area contributed by atoms with Gasteiger partial charge in [0.2, 0.25) is 0 Å². The van der Waals surface area contributed by atoms with Crippen LogP contribution in [0.15, 0.2) is 72.1 Å². The van der Waals surface area contributed by atoms with E-state index in [0.717, 1.165) is 33.2 Å². The zero-order valence-electron chi connectivity index (χ0n) is 14.3. The standard InChI is InChI=1S/C20H15N5OS/c21-12-15-6-8-17(9-7-15)26-10-11-27-20-18-13-24-25(19(18)22-14-23-20)16-4-2-1-3-5-16/h1-9,13-14H,10-11H2. The summed E-state index contributed by atoms with van der Waals surface area (Å²) in [4.78, 5) is 8.78. The molecule has 27 heavy (non-hydrogen) atoms. The Hall–Kier alpha value is -3.37. The molecule has 0 N–H and O–H groups in total. The molecule has 0 amide bonds. The minimum atomic E-state index is 0.537. The van der Waals surface area contributed by atoms with Crippen LogP contribution in [0, 0.1) is 11.3 Å². The van der Waals surface area contributed by atoms with Gasteiger partial charge in [0.05, 0.1) is 35.5 Å². The number of aromatic nitrogens is 4. The topological polar surface area (TPSA) is 76.6 Å². The summed E-state index contributed by atoms with van der Waals surface area (Å²) < 4.78 is 7.53. The van der Waals surface area contributed by atoms with Crippen LogP contribution in [0.25, 0.3) is 16.7 Å². The molecule has 0 fully saturated rings. The quantitative estimate of drug-likeness (QED) is 0.290. The molecular weight excluding hydrogens is 358 g/mol. The van der Waals surface area contributed by atoms with Gasteiger partial charge in [-0.05, 0) is 36.4 Å². The van der Waals surface area contributed by atoms with Crippen LogP contribution in [0.4, 0.5) is 0 Å². The molecule has 0 radical (unpaired) electrons. The van der Waals surface area contributed by atoms with Gasteiger partial charge in [-0.25, -0.2) is 14.6 Å². The van der Waals surface area contributed by atoms with Crippen LogP contribution in [-0.2, 0) is 0 Å². The first kappa shape index (κ1) is 17.1. The fraction of sp³-hybridized carbons (Fsp3) is 0.100. The lowest BCUT2D eigenvalue weighted by atomic mass is 10.2. The number of para-hydroxylation sites is 1. The number of benzene rings is 2. The first-order valence-corrected chi connectivity index (χ1v) is 9.33. The molecule has 4 rings (SSSR count). The Morgan fingerprint density at radius 3 is 2.63 bits per heavy atom. The summed E-state index contributed by atoms with van der Waals surface area (Å²) in [6.07, 6.45) is 3.36. The average molecular weight is 373 g/mol. The van der Waals surface area contributed by atoms with E-state index in [1.54, 1.807) is 48.6 Å². The van der Waals surface area contributed by atoms with Crippen molar-refractivity contribution in [2.45, 2.75) is 5.03 Å². The predicted molar refractivity (Wildman–Crippen MR) is 104 cm³/mol. The van der Waals surface area contributed by atoms with Crippen LogP contribution in [0.3, 0.4) is 0 Å². The third-order valence-corrected chi connectivity index (χ3v) is 4.87. The van der Waals surface area contributed by atoms with E-state index in [2.05, 4.69) is 21.1 Å². The molecule has 0 aliphatic carbocycles. The van der Waals surface area contributed by atoms with Crippen LogP contribution in [0.2, 0.25) is 0 Å². The fourth-order valence-corrected chi connectivity index (χ4v) is 3.40. The Morgan fingerprint density at radius 1 is 1.04 bits per heavy atom. The van der Waals surface area contributed by atoms with E-state index in [4.69, 9.17) is 10.00 Å². The molecule has 2 aromatic heterocycles. The van der Waals surface area contributed by atoms with E-state index in [1.165, 1.54) is 0 Å². The van der Waals surface area contributed by atoms with Crippen molar-refractivity contribution in [2.75, 3.05) is 12.4 Å². The molecule has 7 heteroatoms. The summed E-state index contributed by atoms with van der Waals surface area (Å²) in [5.41, 5.74) is 2.37. The maximum Gasteiger partial charge on any atom is 0.167 e. The molecule has 0 atom stereocenters. The largest absolute Gasteiger partial charge is 0.493 e. The molecule has 4 aromatic rings. The molecule has 0 spiro atoms. The van der Waals surface area contributed by atoms with Crippen molar-refractivity contribution >= 4 is 22.8 Å². The summed E-state index contributed by atoms with van der Waals surface area (Å²) in [6.45, 7) is 0.537. The summed E-state index contributed by atoms with van der Waals surface area (Å²) in [5, 5.41) is 15.1. The zero-order chi connectivity index (χ0) is 18.5. The number of hydrogen-bond acceptors (Lipinski definition) is 6. The minimum Gasteiger partial charge on any atom is -0.493 e. The second-order valence-corrected chi connectivity index (χ2v) is 6.72. The van der Waals surface area contributed by atoms with E-state index in [9.17, 15) is 0 Å². The third kappa shape index (κ3) is 3.76. The SMILES string of the molecule is N#Cc1ccc(OCCSc2ncnc3c2cnn3-c2ccccc2)cc1. The van der Waals surface area contributed by atoms with Gasteiger partial charge in [0.1, 0.15) is 17.1 Å². The first-order chi connectivity index (χ1) is 13.3. The van der Waals surface area contributed by atoms with Crippen LogP contribution in [0.5, 0.6) is 5.75 Å². The molecule has 2 heterocycles. The number of thioether (sulfide) groups is 1. The number of hydrogen-bond donors (Lipinski definition) is 0. The highest BCUT2D eigenvalue weighted by atomic mass is 32.2. The van der Waals surface area contributed by atoms with Gasteiger partial charge in [0.25, 0.3) is 0 Å². The molecule has 0 saturated carbocycles. The smallest absolute Gasteiger partial charge is 0.167 e. The molecule has 6 nitrogen and oxygen atoms in total. The number of fused-ring (bicyclic) bond motifs is 1. The average Bonchev–Trinajstić information content (AvgIpc) is 3.17. The van der Waals surface area contributed by atoms with Gasteiger partial charge in [-0.15, -0.1) is 11.8 Å². The van der Waals surface area contributed by atoms with Crippen molar-refractivity contribution < 1.29 is 4.74 Å². The van der Waals surface area contributed by atoms with Gasteiger partial charge in [0.15, 0.2) is 5.65 Å². The second kappa shape index (κ2) is 7.89. The minimum absolute atomic E-state index is 0.537.